The van der Waals surface area contributed by atoms with Crippen LogP contribution in [-0.4, -0.2) is 141 Å². The number of carbonyl (C=O) groups excluding carboxylic acids is 5. The summed E-state index contributed by atoms with van der Waals surface area (Å²) in [5.41, 5.74) is 3.58. The zero-order chi connectivity index (χ0) is 44.8. The minimum Gasteiger partial charge on any atom is -0.369 e. The van der Waals surface area contributed by atoms with Gasteiger partial charge in [-0.15, -0.1) is 0 Å². The standard InChI is InChI=1S/C43H45N13O7S/c1-2-64(62,63)54-25-43(26-54,13-14-44)55-24-28(23-47-55)36-32-12-16-45-37(32)51-42(50-36)48-29-6-4-27(5-7-29)38(58)46-15-3-17-52-18-20-53(21-19-52)30-8-9-31-33(22-30)41(61)56(40(31)60)34-10-11-35(57)49-39(34)59/h4-9,12,16,22-24,34H,2-3,10-11,13,15,17-21,25-26H2,1H3,(H,46,58)(H,49,57,59)(H2,45,48,50,51). The highest BCUT2D eigenvalue weighted by Gasteiger charge is 2.50. The second kappa shape index (κ2) is 16.9. The Hall–Kier alpha value is -7.02. The van der Waals surface area contributed by atoms with E-state index in [-0.39, 0.29) is 55.1 Å². The van der Waals surface area contributed by atoms with Crippen molar-refractivity contribution in [1.29, 1.82) is 5.26 Å². The largest absolute Gasteiger partial charge is 0.369 e. The molecule has 7 heterocycles. The van der Waals surface area contributed by atoms with Gasteiger partial charge < -0.3 is 20.5 Å². The van der Waals surface area contributed by atoms with Gasteiger partial charge >= 0.3 is 0 Å². The Morgan fingerprint density at radius 1 is 0.984 bits per heavy atom. The number of nitrogens with one attached hydrogen (secondary N) is 4. The number of rotatable bonds is 14. The second-order valence-corrected chi connectivity index (χ2v) is 18.6. The Balaban J connectivity index is 0.752. The van der Waals surface area contributed by atoms with Gasteiger partial charge in [0.2, 0.25) is 27.8 Å². The van der Waals surface area contributed by atoms with Crippen LogP contribution in [0, 0.1) is 11.3 Å². The van der Waals surface area contributed by atoms with Crippen molar-refractivity contribution in [1.82, 2.24) is 49.5 Å². The zero-order valence-electron chi connectivity index (χ0n) is 34.9. The van der Waals surface area contributed by atoms with Crippen molar-refractivity contribution in [2.24, 2.45) is 0 Å². The van der Waals surface area contributed by atoms with E-state index in [1.54, 1.807) is 66.6 Å². The first-order chi connectivity index (χ1) is 30.9. The second-order valence-electron chi connectivity index (χ2n) is 16.4. The van der Waals surface area contributed by atoms with Crippen LogP contribution in [0.15, 0.2) is 67.1 Å². The van der Waals surface area contributed by atoms with Crippen molar-refractivity contribution in [3.63, 3.8) is 0 Å². The molecule has 4 aliphatic rings. The minimum atomic E-state index is -3.39. The molecule has 330 valence electrons. The molecule has 0 saturated carbocycles. The molecule has 20 nitrogen and oxygen atoms in total. The van der Waals surface area contributed by atoms with Crippen molar-refractivity contribution in [3.8, 4) is 17.3 Å². The first-order valence-corrected chi connectivity index (χ1v) is 22.7. The molecule has 0 spiro atoms. The average Bonchev–Trinajstić information content (AvgIpc) is 4.03. The number of hydrogen-bond acceptors (Lipinski definition) is 14. The maximum atomic E-state index is 13.3. The third-order valence-corrected chi connectivity index (χ3v) is 14.1. The van der Waals surface area contributed by atoms with E-state index in [0.717, 1.165) is 42.0 Å². The Bertz CT molecular complexity index is 2840. The van der Waals surface area contributed by atoms with E-state index in [1.165, 1.54) is 4.31 Å². The number of benzene rings is 2. The number of piperidine rings is 1. The number of imide groups is 2. The maximum absolute atomic E-state index is 13.3. The number of amides is 5. The third-order valence-electron chi connectivity index (χ3n) is 12.4. The van der Waals surface area contributed by atoms with Crippen LogP contribution in [0.4, 0.5) is 17.3 Å². The molecule has 5 aromatic rings. The third kappa shape index (κ3) is 7.95. The number of piperazine rings is 1. The van der Waals surface area contributed by atoms with E-state index in [1.807, 2.05) is 12.1 Å². The fourth-order valence-electron chi connectivity index (χ4n) is 8.72. The molecule has 4 N–H and O–H groups in total. The molecule has 0 bridgehead atoms. The van der Waals surface area contributed by atoms with Gasteiger partial charge in [0.05, 0.1) is 41.3 Å². The van der Waals surface area contributed by atoms with Crippen LogP contribution in [0.5, 0.6) is 0 Å². The lowest BCUT2D eigenvalue weighted by molar-refractivity contribution is -0.136. The van der Waals surface area contributed by atoms with Gasteiger partial charge in [0.15, 0.2) is 0 Å². The Morgan fingerprint density at radius 3 is 2.48 bits per heavy atom. The number of anilines is 3. The van der Waals surface area contributed by atoms with Gasteiger partial charge in [0.1, 0.15) is 17.2 Å². The molecule has 4 aliphatic heterocycles. The number of sulfonamides is 1. The highest BCUT2D eigenvalue weighted by Crippen LogP contribution is 2.37. The van der Waals surface area contributed by atoms with Gasteiger partial charge in [0.25, 0.3) is 17.7 Å². The molecule has 5 amide bonds. The molecule has 3 fully saturated rings. The lowest BCUT2D eigenvalue weighted by Crippen LogP contribution is -2.64. The lowest BCUT2D eigenvalue weighted by Gasteiger charge is -2.47. The van der Waals surface area contributed by atoms with Crippen LogP contribution >= 0.6 is 0 Å². The van der Waals surface area contributed by atoms with Gasteiger partial charge in [-0.1, -0.05) is 0 Å². The van der Waals surface area contributed by atoms with E-state index < -0.39 is 45.2 Å². The highest BCUT2D eigenvalue weighted by atomic mass is 32.2. The fourth-order valence-corrected chi connectivity index (χ4v) is 9.96. The predicted molar refractivity (Wildman–Crippen MR) is 233 cm³/mol. The maximum Gasteiger partial charge on any atom is 0.262 e. The minimum absolute atomic E-state index is 0.0159. The molecule has 3 aromatic heterocycles. The molecular formula is C43H45N13O7S. The van der Waals surface area contributed by atoms with Gasteiger partial charge in [0, 0.05) is 92.5 Å². The molecule has 1 atom stereocenters. The average molecular weight is 888 g/mol. The predicted octanol–water partition coefficient (Wildman–Crippen LogP) is 2.18. The summed E-state index contributed by atoms with van der Waals surface area (Å²) in [6, 6.07) is 15.2. The van der Waals surface area contributed by atoms with Gasteiger partial charge in [-0.05, 0) is 74.8 Å². The summed E-state index contributed by atoms with van der Waals surface area (Å²) >= 11 is 0. The number of aromatic nitrogens is 5. The van der Waals surface area contributed by atoms with Gasteiger partial charge in [-0.3, -0.25) is 43.8 Å². The molecule has 2 aromatic carbocycles. The first-order valence-electron chi connectivity index (χ1n) is 21.1. The molecule has 9 rings (SSSR count). The quantitative estimate of drug-likeness (QED) is 0.0922. The lowest BCUT2D eigenvalue weighted by atomic mass is 9.89. The molecule has 64 heavy (non-hydrogen) atoms. The van der Waals surface area contributed by atoms with Crippen molar-refractivity contribution >= 4 is 67.9 Å². The van der Waals surface area contributed by atoms with Crippen molar-refractivity contribution in [3.05, 3.63) is 83.8 Å². The van der Waals surface area contributed by atoms with Crippen molar-refractivity contribution in [2.45, 2.75) is 44.2 Å². The number of H-pyrrole nitrogens is 1. The molecule has 21 heteroatoms. The van der Waals surface area contributed by atoms with E-state index in [4.69, 9.17) is 4.98 Å². The van der Waals surface area contributed by atoms with Crippen molar-refractivity contribution < 1.29 is 32.4 Å². The van der Waals surface area contributed by atoms with E-state index in [9.17, 15) is 37.7 Å². The summed E-state index contributed by atoms with van der Waals surface area (Å²) in [5, 5.41) is 23.3. The molecule has 0 radical (unpaired) electrons. The Kier molecular flexibility index (Phi) is 11.2. The van der Waals surface area contributed by atoms with E-state index in [0.29, 0.717) is 53.7 Å². The summed E-state index contributed by atoms with van der Waals surface area (Å²) in [7, 11) is -3.39. The number of hydrogen-bond donors (Lipinski definition) is 4. The Labute approximate surface area is 367 Å². The molecule has 0 aliphatic carbocycles. The normalized spacial score (nSPS) is 19.0. The van der Waals surface area contributed by atoms with E-state index >= 15 is 0 Å². The monoisotopic (exact) mass is 887 g/mol. The number of fused-ring (bicyclic) bond motifs is 2. The first kappa shape index (κ1) is 42.3. The Morgan fingerprint density at radius 2 is 1.75 bits per heavy atom. The van der Waals surface area contributed by atoms with Gasteiger partial charge in [-0.25, -0.2) is 13.4 Å². The fraction of sp³-hybridized carbons (Fsp3) is 0.372. The number of aromatic amines is 1. The van der Waals surface area contributed by atoms with Crippen molar-refractivity contribution in [2.75, 3.05) is 68.3 Å². The molecule has 3 saturated heterocycles. The topological polar surface area (TPSA) is 252 Å². The van der Waals surface area contributed by atoms with Gasteiger partial charge in [-0.2, -0.15) is 19.6 Å². The molecular weight excluding hydrogens is 843 g/mol. The highest BCUT2D eigenvalue weighted by molar-refractivity contribution is 7.89. The number of nitrogens with zero attached hydrogens (tertiary/aromatic N) is 9. The van der Waals surface area contributed by atoms with Crippen LogP contribution in [0.2, 0.25) is 0 Å². The van der Waals surface area contributed by atoms with Crippen LogP contribution in [0.1, 0.15) is 63.7 Å². The summed E-state index contributed by atoms with van der Waals surface area (Å²) in [5.74, 6) is -2.01. The molecule has 1 unspecified atom stereocenters. The summed E-state index contributed by atoms with van der Waals surface area (Å²) < 4.78 is 27.9. The SMILES string of the molecule is CCS(=O)(=O)N1CC(CC#N)(n2cc(-c3nc(Nc4ccc(C(=O)NCCCN5CCN(c6ccc7c(c6)C(=O)N(C6CCC(=O)NC6=O)C7=O)CC5)cc4)nc4[nH]ccc34)cn2)C1. The smallest absolute Gasteiger partial charge is 0.262 e. The summed E-state index contributed by atoms with van der Waals surface area (Å²) in [4.78, 5) is 81.5. The van der Waals surface area contributed by atoms with E-state index in [2.05, 4.69) is 46.9 Å². The van der Waals surface area contributed by atoms with Crippen LogP contribution < -0.4 is 20.9 Å². The van der Waals surface area contributed by atoms with Crippen LogP contribution in [0.3, 0.4) is 0 Å². The van der Waals surface area contributed by atoms with Crippen LogP contribution in [0.25, 0.3) is 22.3 Å². The zero-order valence-corrected chi connectivity index (χ0v) is 35.7. The number of nitriles is 1. The number of carbonyl (C=O) groups is 5. The van der Waals surface area contributed by atoms with Crippen LogP contribution in [-0.2, 0) is 25.2 Å². The summed E-state index contributed by atoms with van der Waals surface area (Å²) in [6.07, 6.45) is 6.21. The summed E-state index contributed by atoms with van der Waals surface area (Å²) in [6.45, 7) is 6.15.